The number of benzene rings is 2. The van der Waals surface area contributed by atoms with Crippen molar-refractivity contribution in [2.75, 3.05) is 32.8 Å². The molecular formula is C24H26N4O5S. The number of hydrogen-bond acceptors (Lipinski definition) is 9. The van der Waals surface area contributed by atoms with E-state index >= 15 is 0 Å². The van der Waals surface area contributed by atoms with Gasteiger partial charge in [0.1, 0.15) is 0 Å². The summed E-state index contributed by atoms with van der Waals surface area (Å²) in [5.74, 6) is 3.30. The normalized spacial score (nSPS) is 12.5. The standard InChI is InChI=1S/C24H26N4O5S/c1-4-10-28-23(29)22(25-17-7-9-19-21(14-17)33-12-5-11-32-19)26-27-24(28)34-15-16-6-8-18(30-2)20(13-16)31-3/h4,6-9,13-14H,1,5,10-12,15H2,2-3H3,(H,25,26). The van der Waals surface area contributed by atoms with Crippen molar-refractivity contribution in [1.82, 2.24) is 14.8 Å². The van der Waals surface area contributed by atoms with E-state index in [1.54, 1.807) is 26.4 Å². The molecule has 4 rings (SSSR count). The summed E-state index contributed by atoms with van der Waals surface area (Å²) in [6.07, 6.45) is 2.47. The van der Waals surface area contributed by atoms with E-state index in [9.17, 15) is 4.79 Å². The summed E-state index contributed by atoms with van der Waals surface area (Å²) in [6.45, 7) is 5.26. The Hall–Kier alpha value is -3.66. The van der Waals surface area contributed by atoms with Crippen LogP contribution in [0.25, 0.3) is 0 Å². The number of aromatic nitrogens is 3. The molecule has 0 atom stereocenters. The predicted octanol–water partition coefficient (Wildman–Crippen LogP) is 4.04. The molecule has 2 heterocycles. The molecular weight excluding hydrogens is 456 g/mol. The fraction of sp³-hybridized carbons (Fsp3) is 0.292. The Bertz CT molecular complexity index is 1230. The van der Waals surface area contributed by atoms with Gasteiger partial charge < -0.3 is 24.3 Å². The first-order valence-corrected chi connectivity index (χ1v) is 11.7. The molecule has 1 aliphatic heterocycles. The molecule has 0 saturated heterocycles. The molecule has 9 nitrogen and oxygen atoms in total. The molecule has 0 fully saturated rings. The smallest absolute Gasteiger partial charge is 0.297 e. The number of nitrogens with zero attached hydrogens (tertiary/aromatic N) is 3. The molecule has 1 N–H and O–H groups in total. The summed E-state index contributed by atoms with van der Waals surface area (Å²) >= 11 is 1.40. The summed E-state index contributed by atoms with van der Waals surface area (Å²) in [7, 11) is 3.19. The summed E-state index contributed by atoms with van der Waals surface area (Å²) < 4.78 is 23.6. The van der Waals surface area contributed by atoms with Gasteiger partial charge in [-0.2, -0.15) is 0 Å². The number of allylic oxidation sites excluding steroid dienone is 1. The van der Waals surface area contributed by atoms with E-state index in [0.29, 0.717) is 59.4 Å². The monoisotopic (exact) mass is 482 g/mol. The number of thioether (sulfide) groups is 1. The number of methoxy groups -OCH3 is 2. The van der Waals surface area contributed by atoms with Crippen LogP contribution < -0.4 is 29.8 Å². The molecule has 0 unspecified atom stereocenters. The van der Waals surface area contributed by atoms with Crippen LogP contribution in [-0.4, -0.2) is 42.2 Å². The molecule has 0 spiro atoms. The highest BCUT2D eigenvalue weighted by molar-refractivity contribution is 7.98. The second-order valence-electron chi connectivity index (χ2n) is 7.35. The zero-order chi connectivity index (χ0) is 23.9. The van der Waals surface area contributed by atoms with Crippen LogP contribution in [0, 0.1) is 0 Å². The molecule has 178 valence electrons. The molecule has 2 aromatic carbocycles. The van der Waals surface area contributed by atoms with Crippen LogP contribution >= 0.6 is 11.8 Å². The maximum atomic E-state index is 13.2. The Kier molecular flexibility index (Phi) is 7.58. The van der Waals surface area contributed by atoms with Gasteiger partial charge in [-0.3, -0.25) is 9.36 Å². The van der Waals surface area contributed by atoms with Crippen molar-refractivity contribution < 1.29 is 18.9 Å². The van der Waals surface area contributed by atoms with Crippen LogP contribution in [0.5, 0.6) is 23.0 Å². The molecule has 34 heavy (non-hydrogen) atoms. The molecule has 3 aromatic rings. The first kappa shape index (κ1) is 23.5. The van der Waals surface area contributed by atoms with Gasteiger partial charge in [0.25, 0.3) is 5.56 Å². The van der Waals surface area contributed by atoms with Gasteiger partial charge in [-0.1, -0.05) is 23.9 Å². The van der Waals surface area contributed by atoms with Gasteiger partial charge in [-0.05, 0) is 29.8 Å². The SMILES string of the molecule is C=CCn1c(SCc2ccc(OC)c(OC)c2)nnc(Nc2ccc3c(c2)OCCCO3)c1=O. The van der Waals surface area contributed by atoms with E-state index in [1.807, 2.05) is 30.3 Å². The second-order valence-corrected chi connectivity index (χ2v) is 8.29. The molecule has 0 bridgehead atoms. The van der Waals surface area contributed by atoms with Gasteiger partial charge in [0.2, 0.25) is 5.82 Å². The van der Waals surface area contributed by atoms with Gasteiger partial charge in [-0.25, -0.2) is 0 Å². The topological polar surface area (TPSA) is 96.7 Å². The Morgan fingerprint density at radius 1 is 1.09 bits per heavy atom. The average Bonchev–Trinajstić information content (AvgIpc) is 3.10. The van der Waals surface area contributed by atoms with Crippen molar-refractivity contribution in [1.29, 1.82) is 0 Å². The maximum absolute atomic E-state index is 13.2. The minimum absolute atomic E-state index is 0.117. The quantitative estimate of drug-likeness (QED) is 0.358. The van der Waals surface area contributed by atoms with Crippen LogP contribution in [0.1, 0.15) is 12.0 Å². The fourth-order valence-corrected chi connectivity index (χ4v) is 4.26. The van der Waals surface area contributed by atoms with Crippen molar-refractivity contribution in [3.63, 3.8) is 0 Å². The summed E-state index contributed by atoms with van der Waals surface area (Å²) in [6, 6.07) is 11.1. The van der Waals surface area contributed by atoms with E-state index in [2.05, 4.69) is 22.1 Å². The van der Waals surface area contributed by atoms with Gasteiger partial charge in [0, 0.05) is 30.5 Å². The second kappa shape index (κ2) is 11.0. The largest absolute Gasteiger partial charge is 0.493 e. The van der Waals surface area contributed by atoms with Crippen LogP contribution in [0.3, 0.4) is 0 Å². The number of hydrogen-bond donors (Lipinski definition) is 1. The Morgan fingerprint density at radius 2 is 1.88 bits per heavy atom. The lowest BCUT2D eigenvalue weighted by Gasteiger charge is -2.13. The minimum Gasteiger partial charge on any atom is -0.493 e. The Balaban J connectivity index is 1.54. The van der Waals surface area contributed by atoms with E-state index in [-0.39, 0.29) is 11.4 Å². The summed E-state index contributed by atoms with van der Waals surface area (Å²) in [5, 5.41) is 12.0. The predicted molar refractivity (Wildman–Crippen MR) is 131 cm³/mol. The molecule has 0 saturated carbocycles. The van der Waals surface area contributed by atoms with Gasteiger partial charge in [-0.15, -0.1) is 16.8 Å². The lowest BCUT2D eigenvalue weighted by Crippen LogP contribution is -2.26. The highest BCUT2D eigenvalue weighted by Crippen LogP contribution is 2.33. The molecule has 1 aromatic heterocycles. The number of anilines is 2. The lowest BCUT2D eigenvalue weighted by molar-refractivity contribution is 0.297. The first-order valence-electron chi connectivity index (χ1n) is 10.7. The molecule has 10 heteroatoms. The molecule has 1 aliphatic rings. The van der Waals surface area contributed by atoms with Crippen LogP contribution in [0.15, 0.2) is 59.0 Å². The number of rotatable bonds is 9. The van der Waals surface area contributed by atoms with Crippen molar-refractivity contribution in [3.05, 3.63) is 65.0 Å². The zero-order valence-electron chi connectivity index (χ0n) is 19.1. The lowest BCUT2D eigenvalue weighted by atomic mass is 10.2. The zero-order valence-corrected chi connectivity index (χ0v) is 19.9. The first-order chi connectivity index (χ1) is 16.6. The molecule has 0 aliphatic carbocycles. The van der Waals surface area contributed by atoms with Crippen molar-refractivity contribution in [3.8, 4) is 23.0 Å². The minimum atomic E-state index is -0.295. The summed E-state index contributed by atoms with van der Waals surface area (Å²) in [5.41, 5.74) is 1.36. The fourth-order valence-electron chi connectivity index (χ4n) is 3.38. The van der Waals surface area contributed by atoms with Crippen LogP contribution in [-0.2, 0) is 12.3 Å². The van der Waals surface area contributed by atoms with E-state index in [0.717, 1.165) is 12.0 Å². The van der Waals surface area contributed by atoms with Gasteiger partial charge >= 0.3 is 0 Å². The number of fused-ring (bicyclic) bond motifs is 1. The highest BCUT2D eigenvalue weighted by Gasteiger charge is 2.15. The van der Waals surface area contributed by atoms with E-state index < -0.39 is 0 Å². The molecule has 0 amide bonds. The van der Waals surface area contributed by atoms with Gasteiger partial charge in [0.05, 0.1) is 27.4 Å². The van der Waals surface area contributed by atoms with Crippen molar-refractivity contribution in [2.24, 2.45) is 0 Å². The number of nitrogens with one attached hydrogen (secondary N) is 1. The van der Waals surface area contributed by atoms with Crippen LogP contribution in [0.4, 0.5) is 11.5 Å². The van der Waals surface area contributed by atoms with E-state index in [1.165, 1.54) is 16.3 Å². The Labute approximate surface area is 201 Å². The maximum Gasteiger partial charge on any atom is 0.297 e. The Morgan fingerprint density at radius 3 is 2.65 bits per heavy atom. The van der Waals surface area contributed by atoms with Crippen LogP contribution in [0.2, 0.25) is 0 Å². The third kappa shape index (κ3) is 5.28. The summed E-state index contributed by atoms with van der Waals surface area (Å²) in [4.78, 5) is 13.2. The third-order valence-corrected chi connectivity index (χ3v) is 6.09. The van der Waals surface area contributed by atoms with Gasteiger partial charge in [0.15, 0.2) is 28.2 Å². The molecule has 0 radical (unpaired) electrons. The van der Waals surface area contributed by atoms with Crippen molar-refractivity contribution in [2.45, 2.75) is 23.9 Å². The highest BCUT2D eigenvalue weighted by atomic mass is 32.2. The number of ether oxygens (including phenoxy) is 4. The third-order valence-electron chi connectivity index (χ3n) is 5.05. The van der Waals surface area contributed by atoms with E-state index in [4.69, 9.17) is 18.9 Å². The van der Waals surface area contributed by atoms with Crippen molar-refractivity contribution >= 4 is 23.3 Å². The average molecular weight is 483 g/mol.